The Bertz CT molecular complexity index is 703. The van der Waals surface area contributed by atoms with Gasteiger partial charge in [0.05, 0.1) is 12.1 Å². The van der Waals surface area contributed by atoms with Crippen molar-refractivity contribution in [1.82, 2.24) is 15.5 Å². The van der Waals surface area contributed by atoms with Gasteiger partial charge < -0.3 is 15.1 Å². The third-order valence-electron chi connectivity index (χ3n) is 6.31. The highest BCUT2D eigenvalue weighted by atomic mass is 19.1. The summed E-state index contributed by atoms with van der Waals surface area (Å²) in [5, 5.41) is 6.58. The lowest BCUT2D eigenvalue weighted by Gasteiger charge is -2.40. The number of hydrogen-bond acceptors (Lipinski definition) is 4. The van der Waals surface area contributed by atoms with E-state index in [9.17, 15) is 14.0 Å². The number of rotatable bonds is 4. The van der Waals surface area contributed by atoms with E-state index < -0.39 is 0 Å². The summed E-state index contributed by atoms with van der Waals surface area (Å²) >= 11 is 0. The molecule has 2 N–H and O–H groups in total. The molecule has 3 unspecified atom stereocenters. The van der Waals surface area contributed by atoms with Crippen LogP contribution in [0.15, 0.2) is 24.3 Å². The molecule has 2 aliphatic heterocycles. The number of nitrogens with zero attached hydrogens (tertiary/aromatic N) is 2. The van der Waals surface area contributed by atoms with Crippen molar-refractivity contribution < 1.29 is 14.0 Å². The summed E-state index contributed by atoms with van der Waals surface area (Å²) in [5.41, 5.74) is 0.990. The smallest absolute Gasteiger partial charge is 0.225 e. The fourth-order valence-corrected chi connectivity index (χ4v) is 4.67. The molecule has 0 radical (unpaired) electrons. The predicted molar refractivity (Wildman–Crippen MR) is 105 cm³/mol. The Kier molecular flexibility index (Phi) is 5.80. The quantitative estimate of drug-likeness (QED) is 0.826. The molecule has 28 heavy (non-hydrogen) atoms. The van der Waals surface area contributed by atoms with Crippen LogP contribution in [0, 0.1) is 11.7 Å². The lowest BCUT2D eigenvalue weighted by molar-refractivity contribution is -0.134. The van der Waals surface area contributed by atoms with Gasteiger partial charge in [-0.2, -0.15) is 0 Å². The van der Waals surface area contributed by atoms with Crippen LogP contribution in [0.3, 0.4) is 0 Å². The molecule has 1 aliphatic carbocycles. The number of hydrogen-bond donors (Lipinski definition) is 2. The third kappa shape index (κ3) is 4.29. The number of piperazine rings is 1. The zero-order chi connectivity index (χ0) is 19.5. The topological polar surface area (TPSA) is 64.7 Å². The van der Waals surface area contributed by atoms with Crippen molar-refractivity contribution in [2.45, 2.75) is 50.7 Å². The lowest BCUT2D eigenvalue weighted by Crippen LogP contribution is -2.62. The summed E-state index contributed by atoms with van der Waals surface area (Å²) in [6.07, 6.45) is 5.28. The van der Waals surface area contributed by atoms with Gasteiger partial charge in [-0.15, -0.1) is 0 Å². The Morgan fingerprint density at radius 2 is 1.79 bits per heavy atom. The zero-order valence-electron chi connectivity index (χ0n) is 16.2. The Morgan fingerprint density at radius 3 is 2.54 bits per heavy atom. The molecule has 6 nitrogen and oxygen atoms in total. The van der Waals surface area contributed by atoms with Gasteiger partial charge in [0.25, 0.3) is 0 Å². The van der Waals surface area contributed by atoms with Crippen LogP contribution >= 0.6 is 0 Å². The molecule has 0 aromatic heterocycles. The maximum atomic E-state index is 13.1. The van der Waals surface area contributed by atoms with Crippen LogP contribution in [0.4, 0.5) is 10.1 Å². The van der Waals surface area contributed by atoms with Crippen molar-refractivity contribution in [3.05, 3.63) is 30.1 Å². The average Bonchev–Trinajstić information content (AvgIpc) is 2.73. The Labute approximate surface area is 165 Å². The number of halogens is 1. The van der Waals surface area contributed by atoms with Crippen molar-refractivity contribution in [2.75, 3.05) is 31.1 Å². The summed E-state index contributed by atoms with van der Waals surface area (Å²) in [6, 6.07) is 6.76. The summed E-state index contributed by atoms with van der Waals surface area (Å²) in [4.78, 5) is 29.0. The number of carbonyl (C=O) groups excluding carboxylic acids is 2. The standard InChI is InChI=1S/C21H29FN4O2/c22-15-5-7-16(8-6-15)25-11-13-26(14-12-25)20(27)10-9-19-23-18-4-2-1-3-17(18)21(28)24-19/h5-8,17-19,23H,1-4,9-14H2,(H,24,28). The van der Waals surface area contributed by atoms with E-state index in [2.05, 4.69) is 15.5 Å². The molecule has 1 aromatic carbocycles. The van der Waals surface area contributed by atoms with Crippen LogP contribution in [0.25, 0.3) is 0 Å². The van der Waals surface area contributed by atoms with Gasteiger partial charge in [-0.3, -0.25) is 14.9 Å². The third-order valence-corrected chi connectivity index (χ3v) is 6.31. The molecule has 0 spiro atoms. The van der Waals surface area contributed by atoms with Gasteiger partial charge in [0, 0.05) is 44.3 Å². The average molecular weight is 388 g/mol. The maximum absolute atomic E-state index is 13.1. The maximum Gasteiger partial charge on any atom is 0.225 e. The van der Waals surface area contributed by atoms with E-state index in [1.807, 2.05) is 4.90 Å². The molecule has 3 fully saturated rings. The summed E-state index contributed by atoms with van der Waals surface area (Å²) in [6.45, 7) is 2.84. The fourth-order valence-electron chi connectivity index (χ4n) is 4.67. The Morgan fingerprint density at radius 1 is 1.07 bits per heavy atom. The van der Waals surface area contributed by atoms with E-state index in [1.54, 1.807) is 12.1 Å². The van der Waals surface area contributed by atoms with Crippen LogP contribution in [0.5, 0.6) is 0 Å². The summed E-state index contributed by atoms with van der Waals surface area (Å²) < 4.78 is 13.1. The van der Waals surface area contributed by atoms with Crippen LogP contribution in [-0.2, 0) is 9.59 Å². The molecular formula is C21H29FN4O2. The van der Waals surface area contributed by atoms with Gasteiger partial charge in [0.1, 0.15) is 5.82 Å². The highest BCUT2D eigenvalue weighted by Crippen LogP contribution is 2.27. The fraction of sp³-hybridized carbons (Fsp3) is 0.619. The molecule has 4 rings (SSSR count). The van der Waals surface area contributed by atoms with Crippen molar-refractivity contribution >= 4 is 17.5 Å². The minimum atomic E-state index is -0.236. The number of benzene rings is 1. The van der Waals surface area contributed by atoms with Gasteiger partial charge in [0.15, 0.2) is 0 Å². The second kappa shape index (κ2) is 8.47. The first-order valence-electron chi connectivity index (χ1n) is 10.4. The number of anilines is 1. The van der Waals surface area contributed by atoms with Crippen molar-refractivity contribution in [1.29, 1.82) is 0 Å². The molecule has 3 aliphatic rings. The van der Waals surface area contributed by atoms with E-state index in [0.29, 0.717) is 25.9 Å². The van der Waals surface area contributed by atoms with Crippen LogP contribution < -0.4 is 15.5 Å². The van der Waals surface area contributed by atoms with Crippen molar-refractivity contribution in [3.8, 4) is 0 Å². The minimum Gasteiger partial charge on any atom is -0.368 e. The first kappa shape index (κ1) is 19.2. The Balaban J connectivity index is 1.23. The molecule has 152 valence electrons. The zero-order valence-corrected chi connectivity index (χ0v) is 16.2. The molecule has 1 aromatic rings. The van der Waals surface area contributed by atoms with Crippen LogP contribution in [-0.4, -0.2) is 55.1 Å². The van der Waals surface area contributed by atoms with Gasteiger partial charge in [0.2, 0.25) is 11.8 Å². The first-order valence-corrected chi connectivity index (χ1v) is 10.4. The summed E-state index contributed by atoms with van der Waals surface area (Å²) in [5.74, 6) is 0.148. The molecular weight excluding hydrogens is 359 g/mol. The second-order valence-electron chi connectivity index (χ2n) is 8.11. The van der Waals surface area contributed by atoms with Crippen molar-refractivity contribution in [2.24, 2.45) is 5.92 Å². The number of carbonyl (C=O) groups is 2. The van der Waals surface area contributed by atoms with E-state index in [4.69, 9.17) is 0 Å². The van der Waals surface area contributed by atoms with Gasteiger partial charge >= 0.3 is 0 Å². The molecule has 2 heterocycles. The lowest BCUT2D eigenvalue weighted by atomic mass is 9.82. The highest BCUT2D eigenvalue weighted by Gasteiger charge is 2.37. The van der Waals surface area contributed by atoms with E-state index in [0.717, 1.165) is 38.0 Å². The molecule has 2 saturated heterocycles. The van der Waals surface area contributed by atoms with E-state index >= 15 is 0 Å². The highest BCUT2D eigenvalue weighted by molar-refractivity contribution is 5.81. The van der Waals surface area contributed by atoms with Crippen molar-refractivity contribution in [3.63, 3.8) is 0 Å². The number of fused-ring (bicyclic) bond motifs is 1. The van der Waals surface area contributed by atoms with Gasteiger partial charge in [-0.1, -0.05) is 12.8 Å². The summed E-state index contributed by atoms with van der Waals surface area (Å²) in [7, 11) is 0. The van der Waals surface area contributed by atoms with Gasteiger partial charge in [-0.05, 0) is 43.5 Å². The molecule has 7 heteroatoms. The monoisotopic (exact) mass is 388 g/mol. The largest absolute Gasteiger partial charge is 0.368 e. The molecule has 0 bridgehead atoms. The van der Waals surface area contributed by atoms with E-state index in [-0.39, 0.29) is 35.8 Å². The predicted octanol–water partition coefficient (Wildman–Crippen LogP) is 1.86. The normalized spacial score (nSPS) is 27.9. The Hall–Kier alpha value is -2.15. The number of nitrogens with one attached hydrogen (secondary N) is 2. The van der Waals surface area contributed by atoms with Crippen LogP contribution in [0.2, 0.25) is 0 Å². The van der Waals surface area contributed by atoms with Crippen LogP contribution in [0.1, 0.15) is 38.5 Å². The molecule has 1 saturated carbocycles. The SMILES string of the molecule is O=C1NC(CCC(=O)N2CCN(c3ccc(F)cc3)CC2)NC2CCCCC12. The molecule has 2 amide bonds. The molecule has 3 atom stereocenters. The van der Waals surface area contributed by atoms with Gasteiger partial charge in [-0.25, -0.2) is 4.39 Å². The number of amides is 2. The second-order valence-corrected chi connectivity index (χ2v) is 8.11. The first-order chi connectivity index (χ1) is 13.6. The van der Waals surface area contributed by atoms with E-state index in [1.165, 1.54) is 18.6 Å². The minimum absolute atomic E-state index is 0.0974.